The Bertz CT molecular complexity index is 1220. The molecule has 0 atom stereocenters. The molecule has 0 spiro atoms. The number of amides is 2. The van der Waals surface area contributed by atoms with Gasteiger partial charge in [-0.25, -0.2) is 4.39 Å². The van der Waals surface area contributed by atoms with E-state index in [9.17, 15) is 14.0 Å². The monoisotopic (exact) mass is 440 g/mol. The molecule has 1 saturated heterocycles. The van der Waals surface area contributed by atoms with E-state index in [0.717, 1.165) is 0 Å². The largest absolute Gasteiger partial charge is 0.457 e. The fraction of sp³-hybridized carbons (Fsp3) is 0.0455. The Balaban J connectivity index is 1.70. The van der Waals surface area contributed by atoms with Gasteiger partial charge in [-0.05, 0) is 79.3 Å². The zero-order chi connectivity index (χ0) is 21.4. The van der Waals surface area contributed by atoms with Crippen LogP contribution in [0.15, 0.2) is 64.6 Å². The van der Waals surface area contributed by atoms with Crippen molar-refractivity contribution in [1.82, 2.24) is 5.32 Å². The Labute approximate surface area is 181 Å². The third-order valence-electron chi connectivity index (χ3n) is 4.62. The van der Waals surface area contributed by atoms with Gasteiger partial charge in [-0.15, -0.1) is 0 Å². The number of nitrogens with one attached hydrogen (secondary N) is 1. The number of thiocarbonyl (C=S) groups is 1. The first-order chi connectivity index (χ1) is 14.3. The molecule has 30 heavy (non-hydrogen) atoms. The molecule has 8 heteroatoms. The van der Waals surface area contributed by atoms with Gasteiger partial charge in [0.25, 0.3) is 11.8 Å². The van der Waals surface area contributed by atoms with E-state index < -0.39 is 11.8 Å². The zero-order valence-corrected chi connectivity index (χ0v) is 17.2. The Morgan fingerprint density at radius 3 is 2.57 bits per heavy atom. The number of hydrogen-bond donors (Lipinski definition) is 1. The highest BCUT2D eigenvalue weighted by Gasteiger charge is 2.35. The molecule has 0 aliphatic carbocycles. The third kappa shape index (κ3) is 3.65. The quantitative estimate of drug-likeness (QED) is 0.358. The van der Waals surface area contributed by atoms with E-state index >= 15 is 0 Å². The van der Waals surface area contributed by atoms with Gasteiger partial charge in [-0.3, -0.25) is 19.8 Å². The first kappa shape index (κ1) is 20.0. The molecule has 1 fully saturated rings. The SMILES string of the molecule is Cc1c(Cl)cccc1N1C(=O)/C(=C\c2ccc(-c3ccc(F)cc3)o2)C(=O)NC1=S. The molecular formula is C22H14ClFN2O3S. The van der Waals surface area contributed by atoms with E-state index in [0.29, 0.717) is 33.4 Å². The highest BCUT2D eigenvalue weighted by molar-refractivity contribution is 7.80. The molecule has 2 aromatic carbocycles. The number of benzene rings is 2. The second-order valence-electron chi connectivity index (χ2n) is 6.55. The molecule has 150 valence electrons. The van der Waals surface area contributed by atoms with Crippen LogP contribution < -0.4 is 10.2 Å². The highest BCUT2D eigenvalue weighted by Crippen LogP contribution is 2.30. The van der Waals surface area contributed by atoms with E-state index in [-0.39, 0.29) is 16.5 Å². The predicted molar refractivity (Wildman–Crippen MR) is 116 cm³/mol. The van der Waals surface area contributed by atoms with Crippen LogP contribution in [0.1, 0.15) is 11.3 Å². The topological polar surface area (TPSA) is 62.6 Å². The second kappa shape index (κ2) is 7.85. The van der Waals surface area contributed by atoms with Gasteiger partial charge in [-0.2, -0.15) is 0 Å². The van der Waals surface area contributed by atoms with E-state index in [1.165, 1.54) is 23.1 Å². The lowest BCUT2D eigenvalue weighted by Gasteiger charge is -2.30. The van der Waals surface area contributed by atoms with Crippen LogP contribution in [0.5, 0.6) is 0 Å². The Morgan fingerprint density at radius 1 is 1.10 bits per heavy atom. The van der Waals surface area contributed by atoms with Crippen LogP contribution in [0.25, 0.3) is 17.4 Å². The number of rotatable bonds is 3. The molecule has 2 amide bonds. The maximum Gasteiger partial charge on any atom is 0.270 e. The minimum atomic E-state index is -0.624. The lowest BCUT2D eigenvalue weighted by Crippen LogP contribution is -2.54. The second-order valence-corrected chi connectivity index (χ2v) is 7.34. The lowest BCUT2D eigenvalue weighted by atomic mass is 10.1. The molecule has 0 unspecified atom stereocenters. The van der Waals surface area contributed by atoms with Crippen LogP contribution in [0, 0.1) is 12.7 Å². The van der Waals surface area contributed by atoms with Gasteiger partial charge < -0.3 is 4.42 Å². The van der Waals surface area contributed by atoms with E-state index in [4.69, 9.17) is 28.2 Å². The molecule has 1 N–H and O–H groups in total. The lowest BCUT2D eigenvalue weighted by molar-refractivity contribution is -0.122. The summed E-state index contributed by atoms with van der Waals surface area (Å²) in [4.78, 5) is 26.8. The predicted octanol–water partition coefficient (Wildman–Crippen LogP) is 4.88. The molecule has 1 aromatic heterocycles. The number of carbonyl (C=O) groups is 2. The molecule has 5 nitrogen and oxygen atoms in total. The van der Waals surface area contributed by atoms with Crippen molar-refractivity contribution in [2.24, 2.45) is 0 Å². The zero-order valence-electron chi connectivity index (χ0n) is 15.6. The van der Waals surface area contributed by atoms with Crippen molar-refractivity contribution < 1.29 is 18.4 Å². The van der Waals surface area contributed by atoms with E-state index in [1.807, 2.05) is 0 Å². The first-order valence-corrected chi connectivity index (χ1v) is 9.66. The van der Waals surface area contributed by atoms with Crippen molar-refractivity contribution in [3.63, 3.8) is 0 Å². The van der Waals surface area contributed by atoms with Crippen molar-refractivity contribution >= 4 is 52.5 Å². The van der Waals surface area contributed by atoms with Crippen LogP contribution in [0.3, 0.4) is 0 Å². The first-order valence-electron chi connectivity index (χ1n) is 8.87. The van der Waals surface area contributed by atoms with Gasteiger partial charge in [0.1, 0.15) is 22.9 Å². The smallest absolute Gasteiger partial charge is 0.270 e. The Hall–Kier alpha value is -3.29. The Morgan fingerprint density at radius 2 is 1.83 bits per heavy atom. The van der Waals surface area contributed by atoms with Crippen LogP contribution >= 0.6 is 23.8 Å². The van der Waals surface area contributed by atoms with Crippen LogP contribution in [-0.4, -0.2) is 16.9 Å². The molecule has 1 aliphatic rings. The van der Waals surface area contributed by atoms with Crippen LogP contribution in [0.4, 0.5) is 10.1 Å². The van der Waals surface area contributed by atoms with Gasteiger partial charge in [-0.1, -0.05) is 17.7 Å². The number of nitrogens with zero attached hydrogens (tertiary/aromatic N) is 1. The molecule has 3 aromatic rings. The fourth-order valence-corrected chi connectivity index (χ4v) is 3.50. The van der Waals surface area contributed by atoms with Crippen molar-refractivity contribution in [3.8, 4) is 11.3 Å². The standard InChI is InChI=1S/C22H14ClFN2O3S/c1-12-17(23)3-2-4-18(12)26-21(28)16(20(27)25-22(26)30)11-15-9-10-19(29-15)13-5-7-14(24)8-6-13/h2-11H,1H3,(H,25,27,30)/b16-11-. The number of anilines is 1. The van der Waals surface area contributed by atoms with Crippen LogP contribution in [-0.2, 0) is 9.59 Å². The number of halogens is 2. The summed E-state index contributed by atoms with van der Waals surface area (Å²) in [6, 6.07) is 14.2. The number of hydrogen-bond acceptors (Lipinski definition) is 4. The van der Waals surface area contributed by atoms with E-state index in [2.05, 4.69) is 5.32 Å². The van der Waals surface area contributed by atoms with Gasteiger partial charge in [0.2, 0.25) is 0 Å². The maximum atomic E-state index is 13.1. The third-order valence-corrected chi connectivity index (χ3v) is 5.32. The van der Waals surface area contributed by atoms with Gasteiger partial charge in [0.05, 0.1) is 5.69 Å². The van der Waals surface area contributed by atoms with Crippen molar-refractivity contribution in [2.45, 2.75) is 6.92 Å². The van der Waals surface area contributed by atoms with Gasteiger partial charge in [0.15, 0.2) is 5.11 Å². The highest BCUT2D eigenvalue weighted by atomic mass is 35.5. The molecule has 0 radical (unpaired) electrons. The van der Waals surface area contributed by atoms with Gasteiger partial charge >= 0.3 is 0 Å². The molecule has 2 heterocycles. The molecule has 4 rings (SSSR count). The summed E-state index contributed by atoms with van der Waals surface area (Å²) in [5, 5.41) is 2.97. The summed E-state index contributed by atoms with van der Waals surface area (Å²) in [6.07, 6.45) is 1.35. The minimum absolute atomic E-state index is 0.0287. The summed E-state index contributed by atoms with van der Waals surface area (Å²) in [6.45, 7) is 1.76. The minimum Gasteiger partial charge on any atom is -0.457 e. The Kier molecular flexibility index (Phi) is 5.24. The molecule has 0 saturated carbocycles. The number of carbonyl (C=O) groups excluding carboxylic acids is 2. The molecule has 0 bridgehead atoms. The summed E-state index contributed by atoms with van der Waals surface area (Å²) >= 11 is 11.4. The summed E-state index contributed by atoms with van der Waals surface area (Å²) in [7, 11) is 0. The van der Waals surface area contributed by atoms with Crippen molar-refractivity contribution in [3.05, 3.63) is 82.3 Å². The molecule has 1 aliphatic heterocycles. The summed E-state index contributed by atoms with van der Waals surface area (Å²) in [5.41, 5.74) is 1.66. The average molecular weight is 441 g/mol. The van der Waals surface area contributed by atoms with Gasteiger partial charge in [0, 0.05) is 10.6 Å². The maximum absolute atomic E-state index is 13.1. The summed E-state index contributed by atoms with van der Waals surface area (Å²) in [5.74, 6) is -0.800. The average Bonchev–Trinajstić information content (AvgIpc) is 3.17. The van der Waals surface area contributed by atoms with E-state index in [1.54, 1.807) is 49.4 Å². The molecular weight excluding hydrogens is 427 g/mol. The van der Waals surface area contributed by atoms with Crippen molar-refractivity contribution in [2.75, 3.05) is 4.90 Å². The number of furan rings is 1. The van der Waals surface area contributed by atoms with Crippen LogP contribution in [0.2, 0.25) is 5.02 Å². The van der Waals surface area contributed by atoms with Crippen molar-refractivity contribution in [1.29, 1.82) is 0 Å². The fourth-order valence-electron chi connectivity index (χ4n) is 3.06. The summed E-state index contributed by atoms with van der Waals surface area (Å²) < 4.78 is 18.8. The normalized spacial score (nSPS) is 15.6.